The maximum Gasteiger partial charge on any atom is 0.0366 e. The molecule has 92 valence electrons. The highest BCUT2D eigenvalue weighted by Gasteiger charge is 2.28. The van der Waals surface area contributed by atoms with Crippen LogP contribution < -0.4 is 4.90 Å². The van der Waals surface area contributed by atoms with Gasteiger partial charge in [0.25, 0.3) is 0 Å². The van der Waals surface area contributed by atoms with E-state index in [1.54, 1.807) is 0 Å². The standard InChI is InChI=1S/C15H22N2/c1-13-5-7-14(8-6-13)17-11-3-10-16-9-2-4-15(16)12-17/h5-8,15H,2-4,9-12H2,1H3. The number of nitrogens with zero attached hydrogens (tertiary/aromatic N) is 2. The molecule has 0 spiro atoms. The third-order valence-electron chi connectivity index (χ3n) is 4.20. The van der Waals surface area contributed by atoms with Crippen molar-refractivity contribution in [2.24, 2.45) is 0 Å². The monoisotopic (exact) mass is 230 g/mol. The molecule has 17 heavy (non-hydrogen) atoms. The van der Waals surface area contributed by atoms with E-state index in [4.69, 9.17) is 0 Å². The fraction of sp³-hybridized carbons (Fsp3) is 0.600. The average Bonchev–Trinajstić information content (AvgIpc) is 2.68. The van der Waals surface area contributed by atoms with Crippen LogP contribution in [0.3, 0.4) is 0 Å². The van der Waals surface area contributed by atoms with Gasteiger partial charge in [-0.3, -0.25) is 4.90 Å². The van der Waals surface area contributed by atoms with Gasteiger partial charge < -0.3 is 4.90 Å². The summed E-state index contributed by atoms with van der Waals surface area (Å²) in [6.07, 6.45) is 4.10. The number of hydrogen-bond donors (Lipinski definition) is 0. The highest BCUT2D eigenvalue weighted by Crippen LogP contribution is 2.25. The van der Waals surface area contributed by atoms with E-state index in [9.17, 15) is 0 Å². The summed E-state index contributed by atoms with van der Waals surface area (Å²) in [6.45, 7) is 7.23. The van der Waals surface area contributed by atoms with Crippen molar-refractivity contribution < 1.29 is 0 Å². The molecule has 0 saturated carbocycles. The van der Waals surface area contributed by atoms with Gasteiger partial charge in [0.05, 0.1) is 0 Å². The summed E-state index contributed by atoms with van der Waals surface area (Å²) >= 11 is 0. The number of rotatable bonds is 1. The SMILES string of the molecule is Cc1ccc(N2CCCN3CCCC3C2)cc1. The molecule has 2 fully saturated rings. The summed E-state index contributed by atoms with van der Waals surface area (Å²) in [5.74, 6) is 0. The predicted molar refractivity (Wildman–Crippen MR) is 72.6 cm³/mol. The minimum atomic E-state index is 0.804. The Balaban J connectivity index is 1.76. The number of anilines is 1. The molecule has 2 aliphatic heterocycles. The zero-order valence-electron chi connectivity index (χ0n) is 10.7. The fourth-order valence-corrected chi connectivity index (χ4v) is 3.20. The maximum absolute atomic E-state index is 2.69. The number of benzene rings is 1. The van der Waals surface area contributed by atoms with E-state index in [0.717, 1.165) is 6.04 Å². The summed E-state index contributed by atoms with van der Waals surface area (Å²) in [7, 11) is 0. The fourth-order valence-electron chi connectivity index (χ4n) is 3.20. The van der Waals surface area contributed by atoms with Crippen molar-refractivity contribution in [3.05, 3.63) is 29.8 Å². The van der Waals surface area contributed by atoms with Gasteiger partial charge in [-0.15, -0.1) is 0 Å². The summed E-state index contributed by atoms with van der Waals surface area (Å²) in [5, 5.41) is 0. The highest BCUT2D eigenvalue weighted by atomic mass is 15.3. The first-order valence-electron chi connectivity index (χ1n) is 6.88. The van der Waals surface area contributed by atoms with E-state index in [-0.39, 0.29) is 0 Å². The Bertz CT molecular complexity index is 371. The molecule has 0 amide bonds. The summed E-state index contributed by atoms with van der Waals surface area (Å²) < 4.78 is 0. The molecule has 1 atom stereocenters. The van der Waals surface area contributed by atoms with Crippen molar-refractivity contribution in [3.8, 4) is 0 Å². The van der Waals surface area contributed by atoms with Gasteiger partial charge >= 0.3 is 0 Å². The van der Waals surface area contributed by atoms with Crippen molar-refractivity contribution in [3.63, 3.8) is 0 Å². The molecule has 1 unspecified atom stereocenters. The van der Waals surface area contributed by atoms with Crippen LogP contribution in [0.2, 0.25) is 0 Å². The predicted octanol–water partition coefficient (Wildman–Crippen LogP) is 2.67. The second-order valence-corrected chi connectivity index (χ2v) is 5.47. The number of aryl methyl sites for hydroxylation is 1. The lowest BCUT2D eigenvalue weighted by atomic mass is 10.1. The lowest BCUT2D eigenvalue weighted by Crippen LogP contribution is -2.36. The molecule has 0 N–H and O–H groups in total. The minimum Gasteiger partial charge on any atom is -0.370 e. The summed E-state index contributed by atoms with van der Waals surface area (Å²) in [5.41, 5.74) is 2.76. The molecule has 0 aliphatic carbocycles. The van der Waals surface area contributed by atoms with Gasteiger partial charge in [-0.25, -0.2) is 0 Å². The molecule has 3 rings (SSSR count). The quantitative estimate of drug-likeness (QED) is 0.732. The minimum absolute atomic E-state index is 0.804. The summed E-state index contributed by atoms with van der Waals surface area (Å²) in [6, 6.07) is 9.82. The lowest BCUT2D eigenvalue weighted by Gasteiger charge is -2.27. The van der Waals surface area contributed by atoms with E-state index in [0.29, 0.717) is 0 Å². The topological polar surface area (TPSA) is 6.48 Å². The van der Waals surface area contributed by atoms with Crippen LogP contribution in [0.15, 0.2) is 24.3 Å². The number of hydrogen-bond acceptors (Lipinski definition) is 2. The molecule has 0 radical (unpaired) electrons. The molecule has 0 bridgehead atoms. The zero-order valence-corrected chi connectivity index (χ0v) is 10.7. The van der Waals surface area contributed by atoms with Gasteiger partial charge in [-0.05, 0) is 44.9 Å². The van der Waals surface area contributed by atoms with Crippen molar-refractivity contribution in [2.45, 2.75) is 32.2 Å². The van der Waals surface area contributed by atoms with Gasteiger partial charge in [-0.2, -0.15) is 0 Å². The Hall–Kier alpha value is -1.02. The van der Waals surface area contributed by atoms with E-state index in [1.165, 1.54) is 56.7 Å². The Morgan fingerprint density at radius 3 is 2.59 bits per heavy atom. The number of fused-ring (bicyclic) bond motifs is 1. The maximum atomic E-state index is 2.69. The molecule has 1 aromatic rings. The van der Waals surface area contributed by atoms with Crippen molar-refractivity contribution in [1.82, 2.24) is 4.90 Å². The van der Waals surface area contributed by atoms with Crippen LogP contribution in [0.25, 0.3) is 0 Å². The van der Waals surface area contributed by atoms with Gasteiger partial charge in [0, 0.05) is 31.4 Å². The molecular weight excluding hydrogens is 208 g/mol. The van der Waals surface area contributed by atoms with Crippen LogP contribution >= 0.6 is 0 Å². The van der Waals surface area contributed by atoms with Gasteiger partial charge in [0.15, 0.2) is 0 Å². The van der Waals surface area contributed by atoms with Gasteiger partial charge in [0.1, 0.15) is 0 Å². The normalized spacial score (nSPS) is 25.7. The van der Waals surface area contributed by atoms with E-state index < -0.39 is 0 Å². The highest BCUT2D eigenvalue weighted by molar-refractivity contribution is 5.47. The first-order valence-corrected chi connectivity index (χ1v) is 6.88. The van der Waals surface area contributed by atoms with Gasteiger partial charge in [-0.1, -0.05) is 17.7 Å². The molecule has 2 aliphatic rings. The first-order chi connectivity index (χ1) is 8.33. The van der Waals surface area contributed by atoms with Crippen molar-refractivity contribution in [2.75, 3.05) is 31.1 Å². The third-order valence-corrected chi connectivity index (χ3v) is 4.20. The van der Waals surface area contributed by atoms with Crippen molar-refractivity contribution in [1.29, 1.82) is 0 Å². The molecule has 2 saturated heterocycles. The average molecular weight is 230 g/mol. The van der Waals surface area contributed by atoms with Crippen LogP contribution in [0, 0.1) is 6.92 Å². The largest absolute Gasteiger partial charge is 0.370 e. The van der Waals surface area contributed by atoms with Gasteiger partial charge in [0.2, 0.25) is 0 Å². The molecule has 1 aromatic carbocycles. The second kappa shape index (κ2) is 4.69. The second-order valence-electron chi connectivity index (χ2n) is 5.47. The van der Waals surface area contributed by atoms with Crippen LogP contribution in [0.1, 0.15) is 24.8 Å². The zero-order chi connectivity index (χ0) is 11.7. The Labute approximate surface area is 104 Å². The Morgan fingerprint density at radius 2 is 1.76 bits per heavy atom. The molecular formula is C15H22N2. The van der Waals surface area contributed by atoms with E-state index in [2.05, 4.69) is 41.0 Å². The molecule has 0 aromatic heterocycles. The Kier molecular flexibility index (Phi) is 3.06. The van der Waals surface area contributed by atoms with Crippen LogP contribution in [-0.2, 0) is 0 Å². The smallest absolute Gasteiger partial charge is 0.0366 e. The molecule has 2 heterocycles. The van der Waals surface area contributed by atoms with Crippen LogP contribution in [0.4, 0.5) is 5.69 Å². The van der Waals surface area contributed by atoms with E-state index in [1.807, 2.05) is 0 Å². The first kappa shape index (κ1) is 11.1. The molecule has 2 heteroatoms. The van der Waals surface area contributed by atoms with E-state index >= 15 is 0 Å². The third kappa shape index (κ3) is 2.32. The molecule has 2 nitrogen and oxygen atoms in total. The Morgan fingerprint density at radius 1 is 1.00 bits per heavy atom. The van der Waals surface area contributed by atoms with Crippen molar-refractivity contribution >= 4 is 5.69 Å². The van der Waals surface area contributed by atoms with Crippen LogP contribution in [0.5, 0.6) is 0 Å². The lowest BCUT2D eigenvalue weighted by molar-refractivity contribution is 0.273. The van der Waals surface area contributed by atoms with Crippen LogP contribution in [-0.4, -0.2) is 37.1 Å². The summed E-state index contributed by atoms with van der Waals surface area (Å²) in [4.78, 5) is 5.27.